The van der Waals surface area contributed by atoms with Crippen molar-refractivity contribution in [2.75, 3.05) is 5.32 Å². The molecule has 0 spiro atoms. The molecular formula is C16H17NO3. The highest BCUT2D eigenvalue weighted by Crippen LogP contribution is 2.20. The monoisotopic (exact) mass is 271 g/mol. The fourth-order valence-corrected chi connectivity index (χ4v) is 1.96. The van der Waals surface area contributed by atoms with Gasteiger partial charge in [-0.05, 0) is 22.9 Å². The van der Waals surface area contributed by atoms with Crippen LogP contribution in [0.5, 0.6) is 0 Å². The van der Waals surface area contributed by atoms with Crippen molar-refractivity contribution in [3.05, 3.63) is 42.5 Å². The Morgan fingerprint density at radius 3 is 2.30 bits per heavy atom. The zero-order chi connectivity index (χ0) is 14.7. The van der Waals surface area contributed by atoms with Crippen LogP contribution in [0.3, 0.4) is 0 Å². The quantitative estimate of drug-likeness (QED) is 0.897. The highest BCUT2D eigenvalue weighted by atomic mass is 16.4. The summed E-state index contributed by atoms with van der Waals surface area (Å²) in [6, 6.07) is 13.5. The number of nitrogens with one attached hydrogen (secondary N) is 1. The van der Waals surface area contributed by atoms with Crippen LogP contribution in [0.1, 0.15) is 13.8 Å². The van der Waals surface area contributed by atoms with Crippen LogP contribution in [0.15, 0.2) is 42.5 Å². The summed E-state index contributed by atoms with van der Waals surface area (Å²) < 4.78 is 0. The van der Waals surface area contributed by atoms with Crippen LogP contribution >= 0.6 is 0 Å². The smallest absolute Gasteiger partial charge is 0.307 e. The van der Waals surface area contributed by atoms with E-state index in [2.05, 4.69) is 5.32 Å². The average Bonchev–Trinajstić information content (AvgIpc) is 2.45. The van der Waals surface area contributed by atoms with E-state index in [4.69, 9.17) is 5.11 Å². The largest absolute Gasteiger partial charge is 0.481 e. The first kappa shape index (κ1) is 14.1. The standard InChI is InChI=1S/C16H17NO3/c1-10(11(2)16(19)20)15(18)17-14-8-7-12-5-3-4-6-13(12)9-14/h3-11H,1-2H3,(H,17,18)(H,19,20). The zero-order valence-electron chi connectivity index (χ0n) is 11.5. The van der Waals surface area contributed by atoms with Gasteiger partial charge in [0.05, 0.1) is 5.92 Å². The van der Waals surface area contributed by atoms with E-state index in [1.807, 2.05) is 42.5 Å². The average molecular weight is 271 g/mol. The molecule has 0 aliphatic heterocycles. The first-order chi connectivity index (χ1) is 9.49. The second-order valence-corrected chi connectivity index (χ2v) is 4.97. The Bertz CT molecular complexity index is 651. The molecule has 0 aliphatic rings. The zero-order valence-corrected chi connectivity index (χ0v) is 11.5. The van der Waals surface area contributed by atoms with Crippen LogP contribution in [0.4, 0.5) is 5.69 Å². The van der Waals surface area contributed by atoms with Crippen LogP contribution in [0.2, 0.25) is 0 Å². The molecule has 2 unspecified atom stereocenters. The number of aliphatic carboxylic acids is 1. The van der Waals surface area contributed by atoms with Crippen molar-refractivity contribution in [1.82, 2.24) is 0 Å². The van der Waals surface area contributed by atoms with Gasteiger partial charge in [-0.25, -0.2) is 0 Å². The van der Waals surface area contributed by atoms with Crippen molar-refractivity contribution in [3.63, 3.8) is 0 Å². The minimum absolute atomic E-state index is 0.282. The minimum atomic E-state index is -0.967. The van der Waals surface area contributed by atoms with E-state index in [1.54, 1.807) is 6.92 Å². The summed E-state index contributed by atoms with van der Waals surface area (Å²) in [5.74, 6) is -2.55. The fourth-order valence-electron chi connectivity index (χ4n) is 1.96. The summed E-state index contributed by atoms with van der Waals surface area (Å²) in [6.45, 7) is 3.15. The Morgan fingerprint density at radius 1 is 1.00 bits per heavy atom. The molecule has 2 aromatic rings. The number of rotatable bonds is 4. The van der Waals surface area contributed by atoms with E-state index >= 15 is 0 Å². The van der Waals surface area contributed by atoms with Crippen LogP contribution < -0.4 is 5.32 Å². The third-order valence-electron chi connectivity index (χ3n) is 3.57. The Balaban J connectivity index is 2.15. The molecule has 104 valence electrons. The molecule has 0 fully saturated rings. The molecule has 1 amide bonds. The van der Waals surface area contributed by atoms with Gasteiger partial charge in [-0.1, -0.05) is 44.2 Å². The van der Waals surface area contributed by atoms with Crippen LogP contribution in [0.25, 0.3) is 10.8 Å². The Kier molecular flexibility index (Phi) is 4.03. The lowest BCUT2D eigenvalue weighted by Gasteiger charge is -2.16. The SMILES string of the molecule is CC(C(=O)O)C(C)C(=O)Nc1ccc2ccccc2c1. The van der Waals surface area contributed by atoms with E-state index < -0.39 is 17.8 Å². The van der Waals surface area contributed by atoms with Gasteiger partial charge in [0.2, 0.25) is 5.91 Å². The number of carbonyl (C=O) groups is 2. The second kappa shape index (κ2) is 5.74. The molecule has 0 bridgehead atoms. The summed E-state index contributed by atoms with van der Waals surface area (Å²) in [4.78, 5) is 22.9. The first-order valence-corrected chi connectivity index (χ1v) is 6.51. The van der Waals surface area contributed by atoms with Gasteiger partial charge in [-0.2, -0.15) is 0 Å². The van der Waals surface area contributed by atoms with Gasteiger partial charge < -0.3 is 10.4 Å². The molecule has 20 heavy (non-hydrogen) atoms. The maximum Gasteiger partial charge on any atom is 0.307 e. The molecule has 0 aliphatic carbocycles. The van der Waals surface area contributed by atoms with Gasteiger partial charge in [0.1, 0.15) is 0 Å². The number of hydrogen-bond donors (Lipinski definition) is 2. The van der Waals surface area contributed by atoms with E-state index in [9.17, 15) is 9.59 Å². The van der Waals surface area contributed by atoms with Crippen molar-refractivity contribution in [3.8, 4) is 0 Å². The third kappa shape index (κ3) is 2.96. The summed E-state index contributed by atoms with van der Waals surface area (Å²) >= 11 is 0. The van der Waals surface area contributed by atoms with Gasteiger partial charge in [0, 0.05) is 11.6 Å². The maximum absolute atomic E-state index is 12.0. The third-order valence-corrected chi connectivity index (χ3v) is 3.57. The predicted octanol–water partition coefficient (Wildman–Crippen LogP) is 3.14. The van der Waals surface area contributed by atoms with Crippen LogP contribution in [0, 0.1) is 11.8 Å². The van der Waals surface area contributed by atoms with E-state index in [1.165, 1.54) is 6.92 Å². The number of hydrogen-bond acceptors (Lipinski definition) is 2. The van der Waals surface area contributed by atoms with Crippen molar-refractivity contribution in [2.45, 2.75) is 13.8 Å². The number of amides is 1. The fraction of sp³-hybridized carbons (Fsp3) is 0.250. The van der Waals surface area contributed by atoms with Gasteiger partial charge in [-0.3, -0.25) is 9.59 Å². The topological polar surface area (TPSA) is 66.4 Å². The number of fused-ring (bicyclic) bond motifs is 1. The predicted molar refractivity (Wildman–Crippen MR) is 78.5 cm³/mol. The summed E-state index contributed by atoms with van der Waals surface area (Å²) in [5.41, 5.74) is 0.679. The second-order valence-electron chi connectivity index (χ2n) is 4.97. The summed E-state index contributed by atoms with van der Waals surface area (Å²) in [7, 11) is 0. The Labute approximate surface area is 117 Å². The number of carboxylic acid groups (broad SMARTS) is 1. The molecule has 2 aromatic carbocycles. The van der Waals surface area contributed by atoms with E-state index in [-0.39, 0.29) is 5.91 Å². The summed E-state index contributed by atoms with van der Waals surface area (Å²) in [6.07, 6.45) is 0. The molecule has 2 atom stereocenters. The highest BCUT2D eigenvalue weighted by Gasteiger charge is 2.25. The molecule has 4 nitrogen and oxygen atoms in total. The maximum atomic E-state index is 12.0. The molecule has 0 saturated heterocycles. The molecule has 2 N–H and O–H groups in total. The Hall–Kier alpha value is -2.36. The normalized spacial score (nSPS) is 13.7. The van der Waals surface area contributed by atoms with Crippen molar-refractivity contribution in [1.29, 1.82) is 0 Å². The van der Waals surface area contributed by atoms with E-state index in [0.29, 0.717) is 5.69 Å². The Morgan fingerprint density at radius 2 is 1.65 bits per heavy atom. The van der Waals surface area contributed by atoms with Crippen molar-refractivity contribution in [2.24, 2.45) is 11.8 Å². The molecule has 4 heteroatoms. The molecule has 0 aromatic heterocycles. The lowest BCUT2D eigenvalue weighted by Crippen LogP contribution is -2.29. The lowest BCUT2D eigenvalue weighted by atomic mass is 9.95. The number of benzene rings is 2. The molecule has 0 radical (unpaired) electrons. The minimum Gasteiger partial charge on any atom is -0.481 e. The van der Waals surface area contributed by atoms with Crippen molar-refractivity contribution < 1.29 is 14.7 Å². The number of carbonyl (C=O) groups excluding carboxylic acids is 1. The van der Waals surface area contributed by atoms with Gasteiger partial charge in [-0.15, -0.1) is 0 Å². The van der Waals surface area contributed by atoms with Gasteiger partial charge in [0.15, 0.2) is 0 Å². The molecular weight excluding hydrogens is 254 g/mol. The summed E-state index contributed by atoms with van der Waals surface area (Å²) in [5, 5.41) is 13.8. The van der Waals surface area contributed by atoms with Crippen molar-refractivity contribution >= 4 is 28.3 Å². The number of anilines is 1. The highest BCUT2D eigenvalue weighted by molar-refractivity contribution is 5.97. The van der Waals surface area contributed by atoms with Gasteiger partial charge >= 0.3 is 5.97 Å². The van der Waals surface area contributed by atoms with E-state index in [0.717, 1.165) is 10.8 Å². The number of carboxylic acids is 1. The first-order valence-electron chi connectivity index (χ1n) is 6.51. The van der Waals surface area contributed by atoms with Crippen LogP contribution in [-0.4, -0.2) is 17.0 Å². The molecule has 2 rings (SSSR count). The van der Waals surface area contributed by atoms with Gasteiger partial charge in [0.25, 0.3) is 0 Å². The van der Waals surface area contributed by atoms with Crippen LogP contribution in [-0.2, 0) is 9.59 Å². The lowest BCUT2D eigenvalue weighted by molar-refractivity contribution is -0.145. The molecule has 0 heterocycles. The molecule has 0 saturated carbocycles.